The summed E-state index contributed by atoms with van der Waals surface area (Å²) in [6.45, 7) is 0.987. The van der Waals surface area contributed by atoms with Gasteiger partial charge in [-0.05, 0) is 25.5 Å². The molecule has 0 amide bonds. The fourth-order valence-corrected chi connectivity index (χ4v) is 2.10. The van der Waals surface area contributed by atoms with Gasteiger partial charge in [-0.3, -0.25) is 4.79 Å². The lowest BCUT2D eigenvalue weighted by atomic mass is 10.0. The fourth-order valence-electron chi connectivity index (χ4n) is 1.94. The van der Waals surface area contributed by atoms with E-state index in [0.29, 0.717) is 17.0 Å². The van der Waals surface area contributed by atoms with Crippen molar-refractivity contribution in [2.24, 2.45) is 0 Å². The molecule has 1 aromatic heterocycles. The lowest BCUT2D eigenvalue weighted by Crippen LogP contribution is -2.25. The van der Waals surface area contributed by atoms with Gasteiger partial charge >= 0.3 is 0 Å². The summed E-state index contributed by atoms with van der Waals surface area (Å²) in [5.41, 5.74) is 6.09. The van der Waals surface area contributed by atoms with E-state index in [0.717, 1.165) is 19.4 Å². The number of carbonyl (C=O) groups excluding carboxylic acids is 1. The van der Waals surface area contributed by atoms with Gasteiger partial charge in [0.15, 0.2) is 5.78 Å². The smallest absolute Gasteiger partial charge is 0.168 e. The van der Waals surface area contributed by atoms with Crippen molar-refractivity contribution < 1.29 is 4.79 Å². The second-order valence-electron chi connectivity index (χ2n) is 4.01. The zero-order chi connectivity index (χ0) is 11.5. The summed E-state index contributed by atoms with van der Waals surface area (Å²) in [4.78, 5) is 15.8. The van der Waals surface area contributed by atoms with Crippen LogP contribution in [0.1, 0.15) is 29.6 Å². The zero-order valence-corrected chi connectivity index (χ0v) is 9.63. The molecule has 0 radical (unpaired) electrons. The van der Waals surface area contributed by atoms with Crippen molar-refractivity contribution in [3.05, 3.63) is 22.8 Å². The SMILES string of the molecule is Nc1ncc(Cl)cc1C(=O)CC1CCCN1. The molecule has 1 fully saturated rings. The molecule has 0 aromatic carbocycles. The van der Waals surface area contributed by atoms with Crippen LogP contribution in [0, 0.1) is 0 Å². The number of nitrogens with one attached hydrogen (secondary N) is 1. The van der Waals surface area contributed by atoms with Crippen LogP contribution in [0.5, 0.6) is 0 Å². The van der Waals surface area contributed by atoms with E-state index in [1.807, 2.05) is 0 Å². The van der Waals surface area contributed by atoms with E-state index in [1.54, 1.807) is 6.07 Å². The standard InChI is InChI=1S/C11H14ClN3O/c12-7-4-9(11(13)15-6-7)10(16)5-8-2-1-3-14-8/h4,6,8,14H,1-3,5H2,(H2,13,15). The summed E-state index contributed by atoms with van der Waals surface area (Å²) in [6, 6.07) is 1.85. The molecule has 1 atom stereocenters. The number of carbonyl (C=O) groups is 1. The number of Topliss-reactive ketones (excluding diaryl/α,β-unsaturated/α-hetero) is 1. The lowest BCUT2D eigenvalue weighted by molar-refractivity contribution is 0.0972. The third kappa shape index (κ3) is 2.51. The van der Waals surface area contributed by atoms with E-state index >= 15 is 0 Å². The summed E-state index contributed by atoms with van der Waals surface area (Å²) in [7, 11) is 0. The van der Waals surface area contributed by atoms with Gasteiger partial charge in [0, 0.05) is 18.7 Å². The van der Waals surface area contributed by atoms with E-state index in [9.17, 15) is 4.79 Å². The first-order chi connectivity index (χ1) is 7.66. The molecular weight excluding hydrogens is 226 g/mol. The van der Waals surface area contributed by atoms with Crippen LogP contribution in [0.2, 0.25) is 5.02 Å². The van der Waals surface area contributed by atoms with E-state index in [2.05, 4.69) is 10.3 Å². The van der Waals surface area contributed by atoms with Crippen LogP contribution in [0.4, 0.5) is 5.82 Å². The maximum atomic E-state index is 12.0. The molecule has 86 valence electrons. The molecule has 1 aliphatic heterocycles. The maximum absolute atomic E-state index is 12.0. The minimum Gasteiger partial charge on any atom is -0.383 e. The number of hydrogen-bond acceptors (Lipinski definition) is 4. The predicted molar refractivity (Wildman–Crippen MR) is 63.6 cm³/mol. The highest BCUT2D eigenvalue weighted by molar-refractivity contribution is 6.31. The molecule has 1 unspecified atom stereocenters. The highest BCUT2D eigenvalue weighted by Gasteiger charge is 2.20. The van der Waals surface area contributed by atoms with Crippen LogP contribution in [-0.2, 0) is 0 Å². The Bertz CT molecular complexity index is 402. The number of anilines is 1. The molecular formula is C11H14ClN3O. The van der Waals surface area contributed by atoms with Crippen LogP contribution in [0.3, 0.4) is 0 Å². The Balaban J connectivity index is 2.10. The van der Waals surface area contributed by atoms with Gasteiger partial charge in [0.25, 0.3) is 0 Å². The van der Waals surface area contributed by atoms with Crippen molar-refractivity contribution in [3.8, 4) is 0 Å². The quantitative estimate of drug-likeness (QED) is 0.787. The highest BCUT2D eigenvalue weighted by Crippen LogP contribution is 2.19. The molecule has 2 rings (SSSR count). The monoisotopic (exact) mass is 239 g/mol. The Morgan fingerprint density at radius 1 is 1.69 bits per heavy atom. The van der Waals surface area contributed by atoms with E-state index in [-0.39, 0.29) is 17.6 Å². The number of nitrogens with zero attached hydrogens (tertiary/aromatic N) is 1. The van der Waals surface area contributed by atoms with Gasteiger partial charge in [-0.1, -0.05) is 11.6 Å². The molecule has 2 heterocycles. The topological polar surface area (TPSA) is 68.0 Å². The van der Waals surface area contributed by atoms with Gasteiger partial charge in [0.05, 0.1) is 10.6 Å². The molecule has 5 heteroatoms. The van der Waals surface area contributed by atoms with Crippen LogP contribution in [0.15, 0.2) is 12.3 Å². The average Bonchev–Trinajstić information content (AvgIpc) is 2.74. The Morgan fingerprint density at radius 3 is 3.19 bits per heavy atom. The van der Waals surface area contributed by atoms with Crippen LogP contribution in [0.25, 0.3) is 0 Å². The predicted octanol–water partition coefficient (Wildman–Crippen LogP) is 1.64. The van der Waals surface area contributed by atoms with Gasteiger partial charge in [-0.15, -0.1) is 0 Å². The second-order valence-corrected chi connectivity index (χ2v) is 4.44. The van der Waals surface area contributed by atoms with Gasteiger partial charge in [0.1, 0.15) is 5.82 Å². The number of hydrogen-bond donors (Lipinski definition) is 2. The van der Waals surface area contributed by atoms with Crippen molar-refractivity contribution >= 4 is 23.2 Å². The van der Waals surface area contributed by atoms with Gasteiger partial charge < -0.3 is 11.1 Å². The molecule has 1 saturated heterocycles. The minimum atomic E-state index is 0.00639. The number of nitrogens with two attached hydrogens (primary N) is 1. The van der Waals surface area contributed by atoms with Crippen molar-refractivity contribution in [1.82, 2.24) is 10.3 Å². The van der Waals surface area contributed by atoms with E-state index < -0.39 is 0 Å². The molecule has 0 bridgehead atoms. The fraction of sp³-hybridized carbons (Fsp3) is 0.455. The Hall–Kier alpha value is -1.13. The van der Waals surface area contributed by atoms with Crippen LogP contribution < -0.4 is 11.1 Å². The molecule has 1 aliphatic rings. The third-order valence-electron chi connectivity index (χ3n) is 2.78. The first-order valence-electron chi connectivity index (χ1n) is 5.34. The van der Waals surface area contributed by atoms with Crippen LogP contribution >= 0.6 is 11.6 Å². The Morgan fingerprint density at radius 2 is 2.50 bits per heavy atom. The first kappa shape index (κ1) is 11.4. The second kappa shape index (κ2) is 4.80. The Labute approximate surface area is 99.2 Å². The number of ketones is 1. The lowest BCUT2D eigenvalue weighted by Gasteiger charge is -2.10. The first-order valence-corrected chi connectivity index (χ1v) is 5.72. The van der Waals surface area contributed by atoms with E-state index in [4.69, 9.17) is 17.3 Å². The van der Waals surface area contributed by atoms with Crippen molar-refractivity contribution in [2.75, 3.05) is 12.3 Å². The summed E-state index contributed by atoms with van der Waals surface area (Å²) < 4.78 is 0. The summed E-state index contributed by atoms with van der Waals surface area (Å²) in [5, 5.41) is 3.72. The summed E-state index contributed by atoms with van der Waals surface area (Å²) >= 11 is 5.79. The molecule has 4 nitrogen and oxygen atoms in total. The molecule has 16 heavy (non-hydrogen) atoms. The largest absolute Gasteiger partial charge is 0.383 e. The molecule has 0 saturated carbocycles. The third-order valence-corrected chi connectivity index (χ3v) is 2.99. The average molecular weight is 240 g/mol. The van der Waals surface area contributed by atoms with Gasteiger partial charge in [-0.25, -0.2) is 4.98 Å². The molecule has 3 N–H and O–H groups in total. The number of pyridine rings is 1. The number of rotatable bonds is 3. The number of halogens is 1. The molecule has 1 aromatic rings. The number of nitrogen functional groups attached to an aromatic ring is 1. The minimum absolute atomic E-state index is 0.00639. The highest BCUT2D eigenvalue weighted by atomic mass is 35.5. The number of aromatic nitrogens is 1. The van der Waals surface area contributed by atoms with Crippen molar-refractivity contribution in [1.29, 1.82) is 0 Å². The summed E-state index contributed by atoms with van der Waals surface area (Å²) in [6.07, 6.45) is 4.08. The zero-order valence-electron chi connectivity index (χ0n) is 8.87. The van der Waals surface area contributed by atoms with Crippen molar-refractivity contribution in [2.45, 2.75) is 25.3 Å². The van der Waals surface area contributed by atoms with Crippen molar-refractivity contribution in [3.63, 3.8) is 0 Å². The van der Waals surface area contributed by atoms with Gasteiger partial charge in [-0.2, -0.15) is 0 Å². The summed E-state index contributed by atoms with van der Waals surface area (Å²) in [5.74, 6) is 0.263. The molecule has 0 spiro atoms. The van der Waals surface area contributed by atoms with Gasteiger partial charge in [0.2, 0.25) is 0 Å². The van der Waals surface area contributed by atoms with Crippen LogP contribution in [-0.4, -0.2) is 23.4 Å². The Kier molecular flexibility index (Phi) is 3.41. The van der Waals surface area contributed by atoms with E-state index in [1.165, 1.54) is 6.20 Å². The normalized spacial score (nSPS) is 19.9. The molecule has 0 aliphatic carbocycles. The maximum Gasteiger partial charge on any atom is 0.168 e.